The van der Waals surface area contributed by atoms with Crippen molar-refractivity contribution in [2.24, 2.45) is 0 Å². The van der Waals surface area contributed by atoms with Crippen LogP contribution >= 0.6 is 0 Å². The van der Waals surface area contributed by atoms with E-state index >= 15 is 0 Å². The van der Waals surface area contributed by atoms with Crippen molar-refractivity contribution in [3.8, 4) is 5.82 Å². The van der Waals surface area contributed by atoms with Gasteiger partial charge in [0.2, 0.25) is 0 Å². The summed E-state index contributed by atoms with van der Waals surface area (Å²) < 4.78 is 15.9. The lowest BCUT2D eigenvalue weighted by Gasteiger charge is -2.36. The Morgan fingerprint density at radius 2 is 1.63 bits per heavy atom. The Kier molecular flexibility index (Phi) is 4.63. The highest BCUT2D eigenvalue weighted by atomic mass is 19.1. The lowest BCUT2D eigenvalue weighted by atomic mass is 10.2. The number of imidazole rings is 1. The second-order valence-corrected chi connectivity index (χ2v) is 7.24. The molecule has 6 nitrogen and oxygen atoms in total. The number of aromatic nitrogens is 3. The van der Waals surface area contributed by atoms with E-state index in [2.05, 4.69) is 9.97 Å². The van der Waals surface area contributed by atoms with Gasteiger partial charge in [0.15, 0.2) is 0 Å². The Labute approximate surface area is 173 Å². The number of anilines is 1. The predicted octanol–water partition coefficient (Wildman–Crippen LogP) is 3.52. The molecule has 0 N–H and O–H groups in total. The number of nitrogens with zero attached hydrogens (tertiary/aromatic N) is 5. The van der Waals surface area contributed by atoms with Gasteiger partial charge in [-0.15, -0.1) is 0 Å². The molecule has 3 heterocycles. The molecular weight excluding hydrogens is 381 g/mol. The normalized spacial score (nSPS) is 14.3. The number of hydrogen-bond acceptors (Lipinski definition) is 4. The minimum Gasteiger partial charge on any atom is -0.366 e. The highest BCUT2D eigenvalue weighted by Crippen LogP contribution is 2.21. The predicted molar refractivity (Wildman–Crippen MR) is 113 cm³/mol. The van der Waals surface area contributed by atoms with E-state index in [9.17, 15) is 9.18 Å². The summed E-state index contributed by atoms with van der Waals surface area (Å²) in [6.45, 7) is 2.28. The zero-order valence-corrected chi connectivity index (χ0v) is 16.3. The second kappa shape index (κ2) is 7.59. The molecule has 0 atom stereocenters. The average Bonchev–Trinajstić information content (AvgIpc) is 3.23. The van der Waals surface area contributed by atoms with Crippen molar-refractivity contribution in [2.75, 3.05) is 31.1 Å². The number of pyridine rings is 1. The van der Waals surface area contributed by atoms with Crippen LogP contribution in [-0.4, -0.2) is 51.5 Å². The van der Waals surface area contributed by atoms with Crippen LogP contribution < -0.4 is 4.90 Å². The van der Waals surface area contributed by atoms with E-state index in [-0.39, 0.29) is 11.7 Å². The van der Waals surface area contributed by atoms with Gasteiger partial charge in [0, 0.05) is 32.4 Å². The van der Waals surface area contributed by atoms with Crippen molar-refractivity contribution in [2.45, 2.75) is 0 Å². The van der Waals surface area contributed by atoms with Gasteiger partial charge in [-0.1, -0.05) is 24.3 Å². The largest absolute Gasteiger partial charge is 0.366 e. The summed E-state index contributed by atoms with van der Waals surface area (Å²) in [5.41, 5.74) is 2.99. The van der Waals surface area contributed by atoms with Crippen LogP contribution in [0.1, 0.15) is 10.4 Å². The smallest absolute Gasteiger partial charge is 0.255 e. The van der Waals surface area contributed by atoms with Gasteiger partial charge in [0.1, 0.15) is 18.0 Å². The third-order valence-electron chi connectivity index (χ3n) is 5.46. The highest BCUT2D eigenvalue weighted by molar-refractivity contribution is 5.94. The Morgan fingerprint density at radius 1 is 0.867 bits per heavy atom. The summed E-state index contributed by atoms with van der Waals surface area (Å²) >= 11 is 0. The van der Waals surface area contributed by atoms with Crippen molar-refractivity contribution in [3.05, 3.63) is 84.6 Å². The molecule has 7 heteroatoms. The van der Waals surface area contributed by atoms with Crippen molar-refractivity contribution in [3.63, 3.8) is 0 Å². The third-order valence-corrected chi connectivity index (χ3v) is 5.46. The van der Waals surface area contributed by atoms with Crippen molar-refractivity contribution >= 4 is 22.6 Å². The van der Waals surface area contributed by atoms with Crippen LogP contribution in [0.25, 0.3) is 16.9 Å². The van der Waals surface area contributed by atoms with E-state index in [0.717, 1.165) is 11.0 Å². The topological polar surface area (TPSA) is 54.3 Å². The van der Waals surface area contributed by atoms with Gasteiger partial charge < -0.3 is 9.80 Å². The van der Waals surface area contributed by atoms with E-state index in [0.29, 0.717) is 43.2 Å². The fourth-order valence-corrected chi connectivity index (χ4v) is 3.84. The molecule has 30 heavy (non-hydrogen) atoms. The second-order valence-electron chi connectivity index (χ2n) is 7.24. The van der Waals surface area contributed by atoms with E-state index < -0.39 is 0 Å². The molecular formula is C23H20FN5O. The summed E-state index contributed by atoms with van der Waals surface area (Å²) in [5, 5.41) is 0. The zero-order valence-electron chi connectivity index (χ0n) is 16.3. The van der Waals surface area contributed by atoms with Gasteiger partial charge in [-0.25, -0.2) is 14.4 Å². The molecule has 0 aliphatic carbocycles. The molecule has 4 aromatic rings. The van der Waals surface area contributed by atoms with Gasteiger partial charge in [-0.05, 0) is 36.4 Å². The molecule has 0 unspecified atom stereocenters. The Bertz CT molecular complexity index is 1200. The SMILES string of the molecule is O=C(c1ccc(-n2cnc3ccccc32)nc1)N1CCN(c2ccccc2F)CC1. The molecule has 150 valence electrons. The Morgan fingerprint density at radius 3 is 2.40 bits per heavy atom. The number of piperazine rings is 1. The molecule has 1 amide bonds. The van der Waals surface area contributed by atoms with Crippen molar-refractivity contribution < 1.29 is 9.18 Å². The number of carbonyl (C=O) groups is 1. The monoisotopic (exact) mass is 401 g/mol. The van der Waals surface area contributed by atoms with Gasteiger partial charge in [0.25, 0.3) is 5.91 Å². The molecule has 1 aliphatic rings. The fraction of sp³-hybridized carbons (Fsp3) is 0.174. The van der Waals surface area contributed by atoms with Crippen LogP contribution in [0.5, 0.6) is 0 Å². The minimum atomic E-state index is -0.232. The number of carbonyl (C=O) groups excluding carboxylic acids is 1. The average molecular weight is 401 g/mol. The van der Waals surface area contributed by atoms with Crippen LogP contribution in [0.2, 0.25) is 0 Å². The van der Waals surface area contributed by atoms with Gasteiger partial charge in [-0.3, -0.25) is 9.36 Å². The number of fused-ring (bicyclic) bond motifs is 1. The number of hydrogen-bond donors (Lipinski definition) is 0. The van der Waals surface area contributed by atoms with E-state index in [1.165, 1.54) is 6.07 Å². The first-order chi connectivity index (χ1) is 14.7. The first kappa shape index (κ1) is 18.3. The van der Waals surface area contributed by atoms with Crippen LogP contribution in [0.4, 0.5) is 10.1 Å². The molecule has 2 aromatic heterocycles. The maximum atomic E-state index is 14.0. The molecule has 5 rings (SSSR count). The maximum absolute atomic E-state index is 14.0. The van der Waals surface area contributed by atoms with Gasteiger partial charge in [0.05, 0.1) is 22.3 Å². The quantitative estimate of drug-likeness (QED) is 0.527. The highest BCUT2D eigenvalue weighted by Gasteiger charge is 2.23. The van der Waals surface area contributed by atoms with Crippen LogP contribution in [0, 0.1) is 5.82 Å². The van der Waals surface area contributed by atoms with Crippen LogP contribution in [0.15, 0.2) is 73.2 Å². The zero-order chi connectivity index (χ0) is 20.5. The number of amides is 1. The van der Waals surface area contributed by atoms with Crippen LogP contribution in [-0.2, 0) is 0 Å². The third kappa shape index (κ3) is 3.28. The summed E-state index contributed by atoms with van der Waals surface area (Å²) in [6, 6.07) is 18.2. The summed E-state index contributed by atoms with van der Waals surface area (Å²) in [5.74, 6) is 0.423. The molecule has 1 saturated heterocycles. The molecule has 0 bridgehead atoms. The first-order valence-corrected chi connectivity index (χ1v) is 9.88. The molecule has 0 saturated carbocycles. The minimum absolute atomic E-state index is 0.0577. The number of benzene rings is 2. The first-order valence-electron chi connectivity index (χ1n) is 9.88. The van der Waals surface area contributed by atoms with E-state index in [1.54, 1.807) is 35.6 Å². The van der Waals surface area contributed by atoms with E-state index in [1.807, 2.05) is 45.9 Å². The lowest BCUT2D eigenvalue weighted by molar-refractivity contribution is 0.0746. The molecule has 0 spiro atoms. The summed E-state index contributed by atoms with van der Waals surface area (Å²) in [6.07, 6.45) is 3.34. The molecule has 1 fully saturated rings. The number of rotatable bonds is 3. The Balaban J connectivity index is 1.29. The van der Waals surface area contributed by atoms with Gasteiger partial charge in [-0.2, -0.15) is 0 Å². The van der Waals surface area contributed by atoms with E-state index in [4.69, 9.17) is 0 Å². The standard InChI is InChI=1S/C23H20FN5O/c24-18-5-1-3-7-20(18)27-11-13-28(14-12-27)23(30)17-9-10-22(25-15-17)29-16-26-19-6-2-4-8-21(19)29/h1-10,15-16H,11-14H2. The van der Waals surface area contributed by atoms with Crippen molar-refractivity contribution in [1.82, 2.24) is 19.4 Å². The molecule has 0 radical (unpaired) electrons. The summed E-state index contributed by atoms with van der Waals surface area (Å²) in [4.78, 5) is 25.5. The molecule has 2 aromatic carbocycles. The fourth-order valence-electron chi connectivity index (χ4n) is 3.84. The number of halogens is 1. The van der Waals surface area contributed by atoms with Crippen LogP contribution in [0.3, 0.4) is 0 Å². The Hall–Kier alpha value is -3.74. The molecule has 1 aliphatic heterocycles. The lowest BCUT2D eigenvalue weighted by Crippen LogP contribution is -2.49. The summed E-state index contributed by atoms with van der Waals surface area (Å²) in [7, 11) is 0. The number of para-hydroxylation sites is 3. The van der Waals surface area contributed by atoms with Gasteiger partial charge >= 0.3 is 0 Å². The maximum Gasteiger partial charge on any atom is 0.255 e. The van der Waals surface area contributed by atoms with Crippen molar-refractivity contribution in [1.29, 1.82) is 0 Å².